The molecule has 0 saturated heterocycles. The first-order chi connectivity index (χ1) is 12.9. The molecule has 2 aromatic carbocycles. The molecule has 27 heavy (non-hydrogen) atoms. The number of hydrogen-bond acceptors (Lipinski definition) is 4. The molecule has 6 nitrogen and oxygen atoms in total. The largest absolute Gasteiger partial charge is 0.462 e. The van der Waals surface area contributed by atoms with Crippen LogP contribution in [0.15, 0.2) is 48.5 Å². The van der Waals surface area contributed by atoms with Gasteiger partial charge in [0.1, 0.15) is 6.42 Å². The van der Waals surface area contributed by atoms with Crippen LogP contribution in [0.5, 0.6) is 0 Å². The lowest BCUT2D eigenvalue weighted by molar-refractivity contribution is -0.125. The summed E-state index contributed by atoms with van der Waals surface area (Å²) in [7, 11) is 0. The van der Waals surface area contributed by atoms with Crippen molar-refractivity contribution in [2.45, 2.75) is 27.2 Å². The minimum absolute atomic E-state index is 0.262. The van der Waals surface area contributed by atoms with Crippen LogP contribution >= 0.6 is 0 Å². The van der Waals surface area contributed by atoms with E-state index in [4.69, 9.17) is 4.74 Å². The molecular formula is C21H24N2O4. The van der Waals surface area contributed by atoms with E-state index in [9.17, 15) is 14.4 Å². The first-order valence-electron chi connectivity index (χ1n) is 8.88. The zero-order valence-corrected chi connectivity index (χ0v) is 15.8. The highest BCUT2D eigenvalue weighted by Gasteiger charge is 2.18. The van der Waals surface area contributed by atoms with Crippen molar-refractivity contribution in [3.05, 3.63) is 59.7 Å². The van der Waals surface area contributed by atoms with Gasteiger partial charge in [-0.15, -0.1) is 0 Å². The van der Waals surface area contributed by atoms with Crippen LogP contribution in [0.2, 0.25) is 0 Å². The number of rotatable bonds is 7. The monoisotopic (exact) mass is 368 g/mol. The number of ether oxygens (including phenoxy) is 1. The number of nitrogens with zero attached hydrogens (tertiary/aromatic N) is 1. The first kappa shape index (κ1) is 20.2. The van der Waals surface area contributed by atoms with Crippen molar-refractivity contribution in [2.75, 3.05) is 23.4 Å². The molecule has 6 heteroatoms. The Morgan fingerprint density at radius 2 is 1.74 bits per heavy atom. The molecule has 1 N–H and O–H groups in total. The average molecular weight is 368 g/mol. The van der Waals surface area contributed by atoms with Crippen LogP contribution in [0.25, 0.3) is 0 Å². The minimum atomic E-state index is -0.415. The number of esters is 1. The van der Waals surface area contributed by atoms with Gasteiger partial charge >= 0.3 is 5.97 Å². The zero-order valence-electron chi connectivity index (χ0n) is 15.8. The smallest absolute Gasteiger partial charge is 0.338 e. The number of amides is 2. The number of benzene rings is 2. The second-order valence-corrected chi connectivity index (χ2v) is 6.00. The number of nitrogens with one attached hydrogen (secondary N) is 1. The second-order valence-electron chi connectivity index (χ2n) is 6.00. The van der Waals surface area contributed by atoms with Gasteiger partial charge in [0.25, 0.3) is 0 Å². The summed E-state index contributed by atoms with van der Waals surface area (Å²) >= 11 is 0. The van der Waals surface area contributed by atoms with E-state index < -0.39 is 11.9 Å². The third-order valence-corrected chi connectivity index (χ3v) is 3.92. The predicted molar refractivity (Wildman–Crippen MR) is 105 cm³/mol. The third-order valence-electron chi connectivity index (χ3n) is 3.92. The molecular weight excluding hydrogens is 344 g/mol. The van der Waals surface area contributed by atoms with Crippen molar-refractivity contribution in [1.29, 1.82) is 0 Å². The summed E-state index contributed by atoms with van der Waals surface area (Å²) < 4.78 is 4.91. The Morgan fingerprint density at radius 1 is 1.04 bits per heavy atom. The lowest BCUT2D eigenvalue weighted by atomic mass is 10.2. The van der Waals surface area contributed by atoms with Crippen LogP contribution in [0.3, 0.4) is 0 Å². The number of carbonyl (C=O) groups excluding carboxylic acids is 3. The maximum atomic E-state index is 12.5. The van der Waals surface area contributed by atoms with E-state index in [-0.39, 0.29) is 12.3 Å². The first-order valence-corrected chi connectivity index (χ1v) is 8.88. The molecule has 0 saturated carbocycles. The number of hydrogen-bond donors (Lipinski definition) is 1. The van der Waals surface area contributed by atoms with Gasteiger partial charge in [-0.25, -0.2) is 4.79 Å². The molecule has 0 aliphatic rings. The Bertz CT molecular complexity index is 815. The molecule has 0 unspecified atom stereocenters. The summed E-state index contributed by atoms with van der Waals surface area (Å²) in [5.74, 6) is -1.10. The molecule has 2 aromatic rings. The quantitative estimate of drug-likeness (QED) is 0.599. The maximum absolute atomic E-state index is 12.5. The summed E-state index contributed by atoms with van der Waals surface area (Å²) in [6.07, 6.45) is -0.262. The van der Waals surface area contributed by atoms with Gasteiger partial charge < -0.3 is 15.0 Å². The van der Waals surface area contributed by atoms with Crippen LogP contribution in [-0.4, -0.2) is 30.9 Å². The molecule has 142 valence electrons. The molecule has 0 bridgehead atoms. The fourth-order valence-electron chi connectivity index (χ4n) is 2.64. The van der Waals surface area contributed by atoms with Crippen molar-refractivity contribution < 1.29 is 19.1 Å². The van der Waals surface area contributed by atoms with Crippen molar-refractivity contribution in [2.24, 2.45) is 0 Å². The standard InChI is InChI=1S/C21H24N2O4/c1-4-23(18-8-6-7-15(3)13-18)20(25)14-19(24)22-17-11-9-16(10-12-17)21(26)27-5-2/h6-13H,4-5,14H2,1-3H3,(H,22,24). The van der Waals surface area contributed by atoms with Crippen molar-refractivity contribution in [3.63, 3.8) is 0 Å². The molecule has 0 aliphatic carbocycles. The highest BCUT2D eigenvalue weighted by molar-refractivity contribution is 6.09. The molecule has 0 aromatic heterocycles. The van der Waals surface area contributed by atoms with Gasteiger partial charge in [0, 0.05) is 17.9 Å². The van der Waals surface area contributed by atoms with Gasteiger partial charge in [-0.05, 0) is 62.7 Å². The van der Waals surface area contributed by atoms with E-state index in [1.54, 1.807) is 36.1 Å². The fraction of sp³-hybridized carbons (Fsp3) is 0.286. The van der Waals surface area contributed by atoms with Crippen LogP contribution in [-0.2, 0) is 14.3 Å². The van der Waals surface area contributed by atoms with Crippen LogP contribution in [0.4, 0.5) is 11.4 Å². The molecule has 0 heterocycles. The van der Waals surface area contributed by atoms with Crippen molar-refractivity contribution in [3.8, 4) is 0 Å². The summed E-state index contributed by atoms with van der Waals surface area (Å²) in [6, 6.07) is 13.9. The maximum Gasteiger partial charge on any atom is 0.338 e. The van der Waals surface area contributed by atoms with Gasteiger partial charge in [0.05, 0.1) is 12.2 Å². The van der Waals surface area contributed by atoms with E-state index in [1.165, 1.54) is 0 Å². The number of carbonyl (C=O) groups is 3. The van der Waals surface area contributed by atoms with Crippen LogP contribution in [0.1, 0.15) is 36.2 Å². The highest BCUT2D eigenvalue weighted by atomic mass is 16.5. The van der Waals surface area contributed by atoms with Gasteiger partial charge in [-0.2, -0.15) is 0 Å². The van der Waals surface area contributed by atoms with E-state index >= 15 is 0 Å². The Kier molecular flexibility index (Phi) is 7.11. The minimum Gasteiger partial charge on any atom is -0.462 e. The Morgan fingerprint density at radius 3 is 2.33 bits per heavy atom. The van der Waals surface area contributed by atoms with E-state index in [0.717, 1.165) is 11.3 Å². The lowest BCUT2D eigenvalue weighted by Gasteiger charge is -2.21. The third kappa shape index (κ3) is 5.67. The summed E-state index contributed by atoms with van der Waals surface area (Å²) in [5.41, 5.74) is 2.74. The molecule has 0 radical (unpaired) electrons. The van der Waals surface area contributed by atoms with E-state index in [2.05, 4.69) is 5.32 Å². The summed E-state index contributed by atoms with van der Waals surface area (Å²) in [6.45, 7) is 6.33. The Labute approximate surface area is 159 Å². The van der Waals surface area contributed by atoms with E-state index in [1.807, 2.05) is 38.1 Å². The van der Waals surface area contributed by atoms with Gasteiger partial charge in [-0.1, -0.05) is 12.1 Å². The predicted octanol–water partition coefficient (Wildman–Crippen LogP) is 3.55. The van der Waals surface area contributed by atoms with Crippen molar-refractivity contribution in [1.82, 2.24) is 0 Å². The molecule has 0 aliphatic heterocycles. The normalized spacial score (nSPS) is 10.2. The molecule has 2 amide bonds. The molecule has 0 fully saturated rings. The summed E-state index contributed by atoms with van der Waals surface area (Å²) in [4.78, 5) is 37.9. The Hall–Kier alpha value is -3.15. The molecule has 0 atom stereocenters. The van der Waals surface area contributed by atoms with E-state index in [0.29, 0.717) is 24.4 Å². The SMILES string of the molecule is CCOC(=O)c1ccc(NC(=O)CC(=O)N(CC)c2cccc(C)c2)cc1. The van der Waals surface area contributed by atoms with Gasteiger partial charge in [0.2, 0.25) is 11.8 Å². The molecule has 2 rings (SSSR count). The zero-order chi connectivity index (χ0) is 19.8. The topological polar surface area (TPSA) is 75.7 Å². The van der Waals surface area contributed by atoms with Gasteiger partial charge in [-0.3, -0.25) is 9.59 Å². The number of anilines is 2. The average Bonchev–Trinajstić information content (AvgIpc) is 2.63. The van der Waals surface area contributed by atoms with Gasteiger partial charge in [0.15, 0.2) is 0 Å². The number of aryl methyl sites for hydroxylation is 1. The van der Waals surface area contributed by atoms with Crippen LogP contribution in [0, 0.1) is 6.92 Å². The Balaban J connectivity index is 1.97. The summed E-state index contributed by atoms with van der Waals surface area (Å²) in [5, 5.41) is 2.67. The molecule has 0 spiro atoms. The lowest BCUT2D eigenvalue weighted by Crippen LogP contribution is -2.33. The highest BCUT2D eigenvalue weighted by Crippen LogP contribution is 2.17. The second kappa shape index (κ2) is 9.52. The fourth-order valence-corrected chi connectivity index (χ4v) is 2.64. The van der Waals surface area contributed by atoms with Crippen LogP contribution < -0.4 is 10.2 Å². The van der Waals surface area contributed by atoms with Crippen molar-refractivity contribution >= 4 is 29.2 Å².